The molecule has 13 rings (SSSR count). The number of nitrogens with one attached hydrogen (secondary N) is 4. The number of anilines is 4. The summed E-state index contributed by atoms with van der Waals surface area (Å²) in [5.74, 6) is -4.57. The fourth-order valence-corrected chi connectivity index (χ4v) is 12.0. The van der Waals surface area contributed by atoms with Crippen molar-refractivity contribution in [3.8, 4) is 0 Å². The van der Waals surface area contributed by atoms with Crippen LogP contribution >= 0.6 is 0 Å². The molecule has 121 heavy (non-hydrogen) atoms. The summed E-state index contributed by atoms with van der Waals surface area (Å²) < 4.78 is 26.3. The second-order valence-corrected chi connectivity index (χ2v) is 26.0. The number of carboxylic acid groups (broad SMARTS) is 1. The summed E-state index contributed by atoms with van der Waals surface area (Å²) in [5, 5.41) is 44.5. The Balaban J connectivity index is 0.000000235. The van der Waals surface area contributed by atoms with Crippen molar-refractivity contribution in [2.24, 2.45) is 34.4 Å². The van der Waals surface area contributed by atoms with Gasteiger partial charge < -0.3 is 70.2 Å². The van der Waals surface area contributed by atoms with Gasteiger partial charge in [-0.25, -0.2) is 29.3 Å². The Labute approximate surface area is 700 Å². The van der Waals surface area contributed by atoms with E-state index in [1.165, 1.54) is 4.68 Å². The predicted molar refractivity (Wildman–Crippen MR) is 448 cm³/mol. The number of nitrogens with two attached hydrogens (primary N) is 7. The van der Waals surface area contributed by atoms with E-state index in [-0.39, 0.29) is 82.1 Å². The van der Waals surface area contributed by atoms with Crippen LogP contribution in [0.3, 0.4) is 0 Å². The largest absolute Gasteiger partial charge is 1.00 e. The Morgan fingerprint density at radius 1 is 0.496 bits per heavy atom. The molecule has 0 spiro atoms. The van der Waals surface area contributed by atoms with E-state index in [0.717, 1.165) is 46.1 Å². The molecule has 0 atom stereocenters. The van der Waals surface area contributed by atoms with Crippen molar-refractivity contribution >= 4 is 127 Å². The maximum atomic E-state index is 13.4. The van der Waals surface area contributed by atoms with Crippen molar-refractivity contribution in [3.05, 3.63) is 255 Å². The minimum absolute atomic E-state index is 0. The fraction of sp³-hybridized carbons (Fsp3) is 0.212. The Hall–Kier alpha value is -15.4. The number of carbonyl (C=O) groups excluding carboxylic acids is 8. The number of hydrogen-bond donors (Lipinski definition) is 12. The number of fused-ring (bicyclic) bond motifs is 4. The molecule has 0 radical (unpaired) electrons. The summed E-state index contributed by atoms with van der Waals surface area (Å²) in [5.41, 5.74) is 47.4. The molecule has 0 aliphatic carbocycles. The van der Waals surface area contributed by atoms with Crippen LogP contribution in [0.25, 0.3) is 44.1 Å². The molecule has 8 amide bonds. The van der Waals surface area contributed by atoms with E-state index in [1.807, 2.05) is 75.8 Å². The van der Waals surface area contributed by atoms with Crippen molar-refractivity contribution in [2.45, 2.75) is 108 Å². The summed E-state index contributed by atoms with van der Waals surface area (Å²) in [6.07, 6.45) is 8.87. The van der Waals surface area contributed by atoms with Crippen LogP contribution in [-0.4, -0.2) is 143 Å². The smallest absolute Gasteiger partial charge is 0.354 e. The van der Waals surface area contributed by atoms with Crippen LogP contribution in [0.2, 0.25) is 0 Å². The number of imidazole rings is 4. The third-order valence-corrected chi connectivity index (χ3v) is 17.6. The standard InChI is InChI=1S/C34H36N12O4.C18H20N6O2.C11H12N4O.C7H5FN2O3.C7H10N2O2.C3H7N.BrH/c1-5-45-27(15-19(3)41-45)31(49)39-33-37-23-17-21(29(35)47)9-11-25(23)43(33)13-7-8-14-44-26-12-10-22(30(36)48)18-24(26)38-34(44)40-32(50)28-16-20(4)42-46(28)6-2;1-4-8-23-14-7-6-12(16(19)25)10-13(14)20-18(23)21-17(26)15-9-11(3)22-24(15)5-2;1-2-5-15-9-4-3-7(10(12)16)6-8(9)14-11(15)13;8-5-2-1-4(7(9)11)3-6(5)10(12)13;1-3-9-6(7(10)11)4-5(2)8-9;1-2-3-4;/h7-12,15-18H,5-6,13-14H2,1-4H3,(H2,35,47)(H2,36,48)(H,37,39,49)(H,38,40,50);4,6-7,9-10H,1,5,8H2,2-3H3,(H2,19,25)(H,20,21,26);2-4,6H,1,5H2,(H4,12,13,14,16);1-3H,(H2,9,11);4H,3H2,1-2H3,(H,10,11);2H,1,3-4H2;1H/b8-7+;;;;;;. The molecule has 19 N–H and O–H groups in total. The van der Waals surface area contributed by atoms with Gasteiger partial charge >= 0.3 is 17.6 Å². The number of aromatic carboxylic acids is 1. The van der Waals surface area contributed by atoms with Gasteiger partial charge in [0.15, 0.2) is 0 Å². The SMILES string of the molecule is C=CCN.C=CC[n+]1c(N)[nH]c2cc(C(N)=O)ccc21.C=CCn1c(NC(=O)c2cc(C)nn2CC)nc2cc(C(N)=O)ccc21.CCn1nc(C)cc1C(=O)Nc1nc2cc(C(N)=O)ccc2n1C/C=C/Cn1c(NC(=O)c2cc(C)nn2CC)nc2cc(C(N)=O)ccc21.CCn1nc(C)cc1C(=O)O.NC(=O)c1ccc(F)c([N+](=O)[O-])c1.[Br-]. The number of aryl methyl sites for hydroxylation is 8. The molecule has 0 bridgehead atoms. The van der Waals surface area contributed by atoms with E-state index in [9.17, 15) is 57.7 Å². The van der Waals surface area contributed by atoms with Crippen molar-refractivity contribution in [1.29, 1.82) is 0 Å². The lowest BCUT2D eigenvalue weighted by Gasteiger charge is -2.10. The highest BCUT2D eigenvalue weighted by Gasteiger charge is 2.24. The average molecular weight is 1720 g/mol. The molecule has 0 aliphatic heterocycles. The fourth-order valence-electron chi connectivity index (χ4n) is 12.0. The van der Waals surface area contributed by atoms with Crippen LogP contribution < -0.4 is 77.6 Å². The zero-order valence-corrected chi connectivity index (χ0v) is 68.8. The molecule has 8 aromatic heterocycles. The van der Waals surface area contributed by atoms with Crippen molar-refractivity contribution in [2.75, 3.05) is 28.2 Å². The molecule has 8 heterocycles. The van der Waals surface area contributed by atoms with Crippen molar-refractivity contribution in [3.63, 3.8) is 0 Å². The van der Waals surface area contributed by atoms with Crippen LogP contribution in [0.5, 0.6) is 0 Å². The van der Waals surface area contributed by atoms with E-state index in [1.54, 1.807) is 139 Å². The molecular formula is C80H91BrFN27O12. The van der Waals surface area contributed by atoms with E-state index in [4.69, 9.17) is 45.2 Å². The third kappa shape index (κ3) is 22.8. The minimum atomic E-state index is -0.991. The Morgan fingerprint density at radius 2 is 0.818 bits per heavy atom. The number of aromatic amines is 1. The molecule has 0 saturated carbocycles. The van der Waals surface area contributed by atoms with Crippen LogP contribution in [-0.2, 0) is 52.4 Å². The number of nitrogens with zero attached hydrogens (tertiary/aromatic N) is 16. The molecule has 41 heteroatoms. The number of rotatable bonds is 26. The predicted octanol–water partition coefficient (Wildman–Crippen LogP) is 4.69. The normalized spacial score (nSPS) is 10.6. The lowest BCUT2D eigenvalue weighted by Crippen LogP contribution is -3.00. The first-order valence-electron chi connectivity index (χ1n) is 36.9. The Bertz CT molecular complexity index is 5990. The first-order chi connectivity index (χ1) is 57.1. The summed E-state index contributed by atoms with van der Waals surface area (Å²) in [7, 11) is 0. The first-order valence-corrected chi connectivity index (χ1v) is 36.9. The first kappa shape index (κ1) is 92.7. The van der Waals surface area contributed by atoms with Gasteiger partial charge in [-0.3, -0.25) is 88.9 Å². The number of benzene rings is 5. The number of halogens is 2. The van der Waals surface area contributed by atoms with Crippen LogP contribution in [0.1, 0.15) is 144 Å². The van der Waals surface area contributed by atoms with Crippen LogP contribution in [0.15, 0.2) is 165 Å². The Kier molecular flexibility index (Phi) is 32.1. The van der Waals surface area contributed by atoms with E-state index < -0.39 is 51.9 Å². The lowest BCUT2D eigenvalue weighted by atomic mass is 10.2. The molecule has 632 valence electrons. The quantitative estimate of drug-likeness (QED) is 0.0151. The number of nitro benzene ring substituents is 1. The highest BCUT2D eigenvalue weighted by atomic mass is 79.9. The topological polar surface area (TPSA) is 580 Å². The summed E-state index contributed by atoms with van der Waals surface area (Å²) in [6, 6.07) is 29.4. The maximum absolute atomic E-state index is 13.4. The molecule has 0 unspecified atom stereocenters. The van der Waals surface area contributed by atoms with E-state index in [0.29, 0.717) is 125 Å². The molecule has 0 aliphatic rings. The van der Waals surface area contributed by atoms with Gasteiger partial charge in [0, 0.05) is 86.2 Å². The highest BCUT2D eigenvalue weighted by molar-refractivity contribution is 6.06. The Morgan fingerprint density at radius 3 is 1.13 bits per heavy atom. The van der Waals surface area contributed by atoms with Gasteiger partial charge in [-0.15, -0.1) is 13.2 Å². The molecular weight excluding hydrogens is 1630 g/mol. The second-order valence-electron chi connectivity index (χ2n) is 26.0. The lowest BCUT2D eigenvalue weighted by molar-refractivity contribution is -0.645. The zero-order valence-electron chi connectivity index (χ0n) is 67.2. The molecule has 13 aromatic rings. The number of hydrogen-bond acceptors (Lipinski definition) is 20. The zero-order chi connectivity index (χ0) is 88.1. The molecule has 0 saturated heterocycles. The van der Waals surface area contributed by atoms with Gasteiger partial charge in [0.25, 0.3) is 17.7 Å². The molecule has 0 fully saturated rings. The van der Waals surface area contributed by atoms with Gasteiger partial charge in [-0.05, 0) is 165 Å². The number of nitrogen functional groups attached to an aromatic ring is 1. The number of nitro groups is 1. The van der Waals surface area contributed by atoms with E-state index in [2.05, 4.69) is 76.0 Å². The van der Waals surface area contributed by atoms with Gasteiger partial charge in [-0.2, -0.15) is 24.8 Å². The number of primary amides is 5. The van der Waals surface area contributed by atoms with Crippen LogP contribution in [0.4, 0.5) is 33.9 Å². The van der Waals surface area contributed by atoms with Gasteiger partial charge in [0.1, 0.15) is 33.8 Å². The number of aromatic nitrogens is 16. The maximum Gasteiger partial charge on any atom is 0.354 e. The van der Waals surface area contributed by atoms with Crippen LogP contribution in [0, 0.1) is 43.6 Å². The average Bonchev–Trinajstić information content (AvgIpc) is 1.51. The van der Waals surface area contributed by atoms with Gasteiger partial charge in [-0.1, -0.05) is 37.0 Å². The third-order valence-electron chi connectivity index (χ3n) is 17.6. The van der Waals surface area contributed by atoms with E-state index >= 15 is 0 Å². The summed E-state index contributed by atoms with van der Waals surface area (Å²) >= 11 is 0. The highest BCUT2D eigenvalue weighted by Crippen LogP contribution is 2.27. The minimum Gasteiger partial charge on any atom is -1.00 e. The van der Waals surface area contributed by atoms with Gasteiger partial charge in [0.2, 0.25) is 53.2 Å². The summed E-state index contributed by atoms with van der Waals surface area (Å²) in [6.45, 7) is 30.0. The van der Waals surface area contributed by atoms with Crippen molar-refractivity contribution in [1.82, 2.24) is 72.8 Å². The van der Waals surface area contributed by atoms with Gasteiger partial charge in [0.05, 0.1) is 67.3 Å². The summed E-state index contributed by atoms with van der Waals surface area (Å²) in [4.78, 5) is 133. The number of allylic oxidation sites excluding steroid dienone is 4. The number of carbonyl (C=O) groups is 9. The molecule has 39 nitrogen and oxygen atoms in total. The molecule has 5 aromatic carbocycles. The second kappa shape index (κ2) is 41.9. The number of amides is 8. The van der Waals surface area contributed by atoms with Crippen molar-refractivity contribution < 1.29 is 79.1 Å². The number of H-pyrrole nitrogens is 1. The number of carboxylic acids is 1. The monoisotopic (exact) mass is 1720 g/mol.